The van der Waals surface area contributed by atoms with E-state index in [0.29, 0.717) is 5.56 Å². The van der Waals surface area contributed by atoms with E-state index in [9.17, 15) is 9.90 Å². The van der Waals surface area contributed by atoms with Crippen molar-refractivity contribution in [3.8, 4) is 0 Å². The highest BCUT2D eigenvalue weighted by molar-refractivity contribution is 5.99. The van der Waals surface area contributed by atoms with Gasteiger partial charge in [0.2, 0.25) is 0 Å². The molecule has 1 aliphatic rings. The maximum absolute atomic E-state index is 11.7. The van der Waals surface area contributed by atoms with E-state index < -0.39 is 0 Å². The molecule has 0 bridgehead atoms. The smallest absolute Gasteiger partial charge is 0.176 e. The van der Waals surface area contributed by atoms with Crippen molar-refractivity contribution in [2.75, 3.05) is 6.54 Å². The van der Waals surface area contributed by atoms with E-state index in [4.69, 9.17) is 0 Å². The zero-order valence-electron chi connectivity index (χ0n) is 9.02. The van der Waals surface area contributed by atoms with Crippen molar-refractivity contribution in [3.05, 3.63) is 42.0 Å². The second kappa shape index (κ2) is 4.94. The summed E-state index contributed by atoms with van der Waals surface area (Å²) in [5.41, 5.74) is 0.675. The van der Waals surface area contributed by atoms with Crippen LogP contribution in [0.4, 0.5) is 0 Å². The van der Waals surface area contributed by atoms with Gasteiger partial charge in [0, 0.05) is 11.6 Å². The first-order chi connectivity index (χ1) is 7.77. The molecule has 1 heterocycles. The molecule has 2 rings (SSSR count). The number of hydrogen-bond acceptors (Lipinski definition) is 3. The van der Waals surface area contributed by atoms with Crippen molar-refractivity contribution in [2.45, 2.75) is 18.9 Å². The minimum Gasteiger partial charge on any atom is -0.507 e. The molecule has 0 aromatic heterocycles. The molecule has 1 aromatic carbocycles. The summed E-state index contributed by atoms with van der Waals surface area (Å²) in [6, 6.07) is 8.97. The van der Waals surface area contributed by atoms with Gasteiger partial charge in [0.15, 0.2) is 5.78 Å². The van der Waals surface area contributed by atoms with Crippen molar-refractivity contribution < 1.29 is 9.90 Å². The van der Waals surface area contributed by atoms with Crippen LogP contribution in [0.1, 0.15) is 18.4 Å². The predicted molar refractivity (Wildman–Crippen MR) is 63.1 cm³/mol. The summed E-state index contributed by atoms with van der Waals surface area (Å²) in [6.45, 7) is 0.885. The summed E-state index contributed by atoms with van der Waals surface area (Å²) in [6.07, 6.45) is 3.20. The lowest BCUT2D eigenvalue weighted by Crippen LogP contribution is -2.29. The van der Waals surface area contributed by atoms with Crippen LogP contribution in [-0.2, 0) is 4.79 Å². The van der Waals surface area contributed by atoms with Gasteiger partial charge < -0.3 is 10.4 Å². The lowest BCUT2D eigenvalue weighted by molar-refractivity contribution is -0.116. The zero-order chi connectivity index (χ0) is 11.4. The van der Waals surface area contributed by atoms with E-state index in [1.165, 1.54) is 6.08 Å². The van der Waals surface area contributed by atoms with E-state index in [1.54, 1.807) is 12.1 Å². The van der Waals surface area contributed by atoms with Gasteiger partial charge in [0.25, 0.3) is 0 Å². The number of hydrogen-bond donors (Lipinski definition) is 2. The first-order valence-corrected chi connectivity index (χ1v) is 5.50. The van der Waals surface area contributed by atoms with E-state index in [1.807, 2.05) is 18.2 Å². The van der Waals surface area contributed by atoms with Crippen LogP contribution < -0.4 is 5.32 Å². The Hall–Kier alpha value is -1.61. The summed E-state index contributed by atoms with van der Waals surface area (Å²) in [5.74, 6) is -0.00171. The summed E-state index contributed by atoms with van der Waals surface area (Å²) in [5, 5.41) is 12.9. The van der Waals surface area contributed by atoms with Gasteiger partial charge >= 0.3 is 0 Å². The minimum atomic E-state index is -0.120. The molecule has 0 amide bonds. The van der Waals surface area contributed by atoms with Crippen LogP contribution in [0.5, 0.6) is 0 Å². The Balaban J connectivity index is 2.09. The summed E-state index contributed by atoms with van der Waals surface area (Å²) >= 11 is 0. The molecule has 16 heavy (non-hydrogen) atoms. The zero-order valence-corrected chi connectivity index (χ0v) is 9.02. The van der Waals surface area contributed by atoms with Crippen molar-refractivity contribution in [3.63, 3.8) is 0 Å². The highest BCUT2D eigenvalue weighted by atomic mass is 16.3. The quantitative estimate of drug-likeness (QED) is 0.600. The average Bonchev–Trinajstić information content (AvgIpc) is 2.83. The van der Waals surface area contributed by atoms with Crippen molar-refractivity contribution in [1.29, 1.82) is 0 Å². The molecule has 84 valence electrons. The Morgan fingerprint density at radius 1 is 1.38 bits per heavy atom. The molecule has 1 saturated heterocycles. The maximum atomic E-state index is 11.7. The fourth-order valence-electron chi connectivity index (χ4n) is 1.85. The van der Waals surface area contributed by atoms with Gasteiger partial charge in [0.05, 0.1) is 6.04 Å². The molecule has 1 fully saturated rings. The molecule has 0 radical (unpaired) electrons. The fourth-order valence-corrected chi connectivity index (χ4v) is 1.85. The highest BCUT2D eigenvalue weighted by Crippen LogP contribution is 2.13. The molecule has 0 spiro atoms. The highest BCUT2D eigenvalue weighted by Gasteiger charge is 2.20. The number of nitrogens with one attached hydrogen (secondary N) is 1. The SMILES string of the molecule is O=C(C=C(O)c1ccccc1)[C@@H]1CCCN1. The van der Waals surface area contributed by atoms with Crippen LogP contribution in [0.15, 0.2) is 36.4 Å². The van der Waals surface area contributed by atoms with E-state index in [-0.39, 0.29) is 17.6 Å². The maximum Gasteiger partial charge on any atom is 0.176 e. The topological polar surface area (TPSA) is 49.3 Å². The molecule has 0 saturated carbocycles. The van der Waals surface area contributed by atoms with E-state index >= 15 is 0 Å². The van der Waals surface area contributed by atoms with Crippen molar-refractivity contribution in [1.82, 2.24) is 5.32 Å². The Kier molecular flexibility index (Phi) is 3.37. The number of carbonyl (C=O) groups excluding carboxylic acids is 1. The van der Waals surface area contributed by atoms with Crippen LogP contribution in [0, 0.1) is 0 Å². The Morgan fingerprint density at radius 2 is 2.12 bits per heavy atom. The molecule has 0 aliphatic carbocycles. The Bertz CT molecular complexity index is 392. The molecular weight excluding hydrogens is 202 g/mol. The normalized spacial score (nSPS) is 21.0. The van der Waals surface area contributed by atoms with Crippen LogP contribution >= 0.6 is 0 Å². The average molecular weight is 217 g/mol. The number of aliphatic hydroxyl groups is 1. The fraction of sp³-hybridized carbons (Fsp3) is 0.308. The van der Waals surface area contributed by atoms with Gasteiger partial charge in [-0.1, -0.05) is 30.3 Å². The van der Waals surface area contributed by atoms with Crippen LogP contribution in [0.3, 0.4) is 0 Å². The van der Waals surface area contributed by atoms with Crippen molar-refractivity contribution >= 4 is 11.5 Å². The molecule has 1 atom stereocenters. The first kappa shape index (κ1) is 10.9. The molecule has 3 heteroatoms. The van der Waals surface area contributed by atoms with Crippen LogP contribution in [-0.4, -0.2) is 23.5 Å². The van der Waals surface area contributed by atoms with Gasteiger partial charge in [-0.3, -0.25) is 4.79 Å². The Morgan fingerprint density at radius 3 is 2.75 bits per heavy atom. The van der Waals surface area contributed by atoms with Crippen LogP contribution in [0.25, 0.3) is 5.76 Å². The molecule has 1 aliphatic heterocycles. The Labute approximate surface area is 94.8 Å². The molecule has 0 unspecified atom stereocenters. The minimum absolute atomic E-state index is 0.0410. The second-order valence-electron chi connectivity index (χ2n) is 3.95. The van der Waals surface area contributed by atoms with Gasteiger partial charge in [-0.25, -0.2) is 0 Å². The van der Waals surface area contributed by atoms with Gasteiger partial charge in [-0.05, 0) is 19.4 Å². The van der Waals surface area contributed by atoms with Crippen molar-refractivity contribution in [2.24, 2.45) is 0 Å². The third-order valence-electron chi connectivity index (χ3n) is 2.75. The number of ketones is 1. The molecule has 2 N–H and O–H groups in total. The summed E-state index contributed by atoms with van der Waals surface area (Å²) < 4.78 is 0. The predicted octanol–water partition coefficient (Wildman–Crippen LogP) is 1.91. The van der Waals surface area contributed by atoms with Crippen LogP contribution in [0.2, 0.25) is 0 Å². The number of carbonyl (C=O) groups is 1. The van der Waals surface area contributed by atoms with E-state index in [2.05, 4.69) is 5.32 Å². The largest absolute Gasteiger partial charge is 0.507 e. The van der Waals surface area contributed by atoms with E-state index in [0.717, 1.165) is 19.4 Å². The number of rotatable bonds is 3. The molecular formula is C13H15NO2. The molecule has 3 nitrogen and oxygen atoms in total. The standard InChI is InChI=1S/C13H15NO2/c15-12(10-5-2-1-3-6-10)9-13(16)11-7-4-8-14-11/h1-3,5-6,9,11,14-15H,4,7-8H2/t11-/m0/s1. The third-order valence-corrected chi connectivity index (χ3v) is 2.75. The van der Waals surface area contributed by atoms with Gasteiger partial charge in [0.1, 0.15) is 5.76 Å². The monoisotopic (exact) mass is 217 g/mol. The molecule has 1 aromatic rings. The number of aliphatic hydroxyl groups excluding tert-OH is 1. The summed E-state index contributed by atoms with van der Waals surface area (Å²) in [7, 11) is 0. The summed E-state index contributed by atoms with van der Waals surface area (Å²) in [4.78, 5) is 11.7. The van der Waals surface area contributed by atoms with Gasteiger partial charge in [-0.2, -0.15) is 0 Å². The first-order valence-electron chi connectivity index (χ1n) is 5.50. The number of benzene rings is 1. The third kappa shape index (κ3) is 2.49. The second-order valence-corrected chi connectivity index (χ2v) is 3.95. The van der Waals surface area contributed by atoms with Gasteiger partial charge in [-0.15, -0.1) is 0 Å². The lowest BCUT2D eigenvalue weighted by Gasteiger charge is -2.05. The lowest BCUT2D eigenvalue weighted by atomic mass is 10.1.